The minimum Gasteiger partial charge on any atom is -0.337 e. The largest absolute Gasteiger partial charge is 0.337 e. The highest BCUT2D eigenvalue weighted by atomic mass is 15.1. The van der Waals surface area contributed by atoms with E-state index in [1.807, 2.05) is 26.5 Å². The molecule has 12 heavy (non-hydrogen) atoms. The van der Waals surface area contributed by atoms with Gasteiger partial charge >= 0.3 is 0 Å². The fourth-order valence-corrected chi connectivity index (χ4v) is 1.44. The Labute approximate surface area is 73.8 Å². The predicted octanol–water partition coefficient (Wildman–Crippen LogP) is 1.34. The zero-order valence-corrected chi connectivity index (χ0v) is 8.20. The van der Waals surface area contributed by atoms with Gasteiger partial charge in [-0.05, 0) is 13.0 Å². The van der Waals surface area contributed by atoms with Crippen LogP contribution in [0.1, 0.15) is 25.7 Å². The first-order valence-corrected chi connectivity index (χ1v) is 4.31. The Morgan fingerprint density at radius 2 is 2.17 bits per heavy atom. The van der Waals surface area contributed by atoms with Gasteiger partial charge in [-0.15, -0.1) is 0 Å². The molecule has 0 aliphatic heterocycles. The van der Waals surface area contributed by atoms with Crippen molar-refractivity contribution >= 4 is 0 Å². The van der Waals surface area contributed by atoms with Crippen LogP contribution >= 0.6 is 0 Å². The summed E-state index contributed by atoms with van der Waals surface area (Å²) in [5.41, 5.74) is 0. The van der Waals surface area contributed by atoms with Crippen molar-refractivity contribution in [1.82, 2.24) is 14.9 Å². The molecular formula is C9H17N3. The number of aromatic nitrogens is 2. The van der Waals surface area contributed by atoms with E-state index in [1.165, 1.54) is 0 Å². The fourth-order valence-electron chi connectivity index (χ4n) is 1.44. The molecule has 0 saturated carbocycles. The van der Waals surface area contributed by atoms with Crippen molar-refractivity contribution in [1.29, 1.82) is 0 Å². The highest BCUT2D eigenvalue weighted by Crippen LogP contribution is 2.18. The molecule has 0 saturated heterocycles. The molecule has 0 aliphatic rings. The number of imidazole rings is 1. The smallest absolute Gasteiger partial charge is 0.125 e. The second kappa shape index (κ2) is 3.72. The van der Waals surface area contributed by atoms with Gasteiger partial charge in [0.15, 0.2) is 0 Å². The molecule has 0 radical (unpaired) electrons. The molecule has 68 valence electrons. The predicted molar refractivity (Wildman–Crippen MR) is 49.8 cm³/mol. The van der Waals surface area contributed by atoms with Crippen LogP contribution in [0.2, 0.25) is 0 Å². The molecule has 1 aromatic heterocycles. The molecule has 1 aromatic rings. The Morgan fingerprint density at radius 1 is 1.50 bits per heavy atom. The molecule has 1 unspecified atom stereocenters. The van der Waals surface area contributed by atoms with Crippen LogP contribution < -0.4 is 5.32 Å². The van der Waals surface area contributed by atoms with E-state index in [-0.39, 0.29) is 0 Å². The van der Waals surface area contributed by atoms with Crippen molar-refractivity contribution in [2.45, 2.75) is 19.9 Å². The molecule has 1 N–H and O–H groups in total. The van der Waals surface area contributed by atoms with E-state index in [9.17, 15) is 0 Å². The van der Waals surface area contributed by atoms with Gasteiger partial charge in [-0.2, -0.15) is 0 Å². The Bertz CT molecular complexity index is 240. The first kappa shape index (κ1) is 9.26. The first-order valence-electron chi connectivity index (χ1n) is 4.31. The van der Waals surface area contributed by atoms with Crippen LogP contribution in [0.4, 0.5) is 0 Å². The third-order valence-corrected chi connectivity index (χ3v) is 2.11. The van der Waals surface area contributed by atoms with Gasteiger partial charge in [0.1, 0.15) is 5.82 Å². The maximum atomic E-state index is 4.31. The van der Waals surface area contributed by atoms with Crippen LogP contribution in [-0.2, 0) is 7.05 Å². The molecule has 0 amide bonds. The van der Waals surface area contributed by atoms with Gasteiger partial charge in [0.25, 0.3) is 0 Å². The number of aryl methyl sites for hydroxylation is 1. The van der Waals surface area contributed by atoms with Crippen LogP contribution in [-0.4, -0.2) is 16.6 Å². The highest BCUT2D eigenvalue weighted by Gasteiger charge is 2.16. The molecule has 1 heterocycles. The average Bonchev–Trinajstić information content (AvgIpc) is 2.38. The number of hydrogen-bond donors (Lipinski definition) is 1. The van der Waals surface area contributed by atoms with E-state index in [1.54, 1.807) is 0 Å². The summed E-state index contributed by atoms with van der Waals surface area (Å²) in [5.74, 6) is 1.67. The average molecular weight is 167 g/mol. The molecule has 1 atom stereocenters. The maximum absolute atomic E-state index is 4.31. The quantitative estimate of drug-likeness (QED) is 0.736. The summed E-state index contributed by atoms with van der Waals surface area (Å²) in [5, 5.41) is 3.26. The van der Waals surface area contributed by atoms with E-state index >= 15 is 0 Å². The third kappa shape index (κ3) is 1.67. The first-order chi connectivity index (χ1) is 5.66. The fraction of sp³-hybridized carbons (Fsp3) is 0.667. The number of hydrogen-bond acceptors (Lipinski definition) is 2. The van der Waals surface area contributed by atoms with E-state index in [0.29, 0.717) is 12.0 Å². The molecular weight excluding hydrogens is 150 g/mol. The summed E-state index contributed by atoms with van der Waals surface area (Å²) in [6.07, 6.45) is 3.81. The van der Waals surface area contributed by atoms with Crippen molar-refractivity contribution < 1.29 is 0 Å². The normalized spacial score (nSPS) is 13.8. The summed E-state index contributed by atoms with van der Waals surface area (Å²) in [7, 11) is 3.99. The lowest BCUT2D eigenvalue weighted by atomic mass is 10.0. The van der Waals surface area contributed by atoms with Crippen molar-refractivity contribution in [2.75, 3.05) is 7.05 Å². The number of nitrogens with zero attached hydrogens (tertiary/aromatic N) is 2. The Balaban J connectivity index is 2.87. The lowest BCUT2D eigenvalue weighted by molar-refractivity contribution is 0.413. The molecule has 0 spiro atoms. The standard InChI is InChI=1S/C9H17N3/c1-7(2)8(10-3)9-11-5-6-12(9)4/h5-8,10H,1-4H3. The molecule has 0 bridgehead atoms. The van der Waals surface area contributed by atoms with Crippen molar-refractivity contribution in [3.8, 4) is 0 Å². The van der Waals surface area contributed by atoms with Gasteiger partial charge in [-0.3, -0.25) is 0 Å². The van der Waals surface area contributed by atoms with Crippen molar-refractivity contribution in [3.05, 3.63) is 18.2 Å². The van der Waals surface area contributed by atoms with Gasteiger partial charge in [0.2, 0.25) is 0 Å². The van der Waals surface area contributed by atoms with Gasteiger partial charge in [0.05, 0.1) is 6.04 Å². The van der Waals surface area contributed by atoms with Gasteiger partial charge in [0, 0.05) is 19.4 Å². The SMILES string of the molecule is CNC(c1nccn1C)C(C)C. The van der Waals surface area contributed by atoms with Crippen molar-refractivity contribution in [2.24, 2.45) is 13.0 Å². The summed E-state index contributed by atoms with van der Waals surface area (Å²) in [4.78, 5) is 4.31. The molecule has 1 rings (SSSR count). The van der Waals surface area contributed by atoms with Crippen LogP contribution in [0, 0.1) is 5.92 Å². The van der Waals surface area contributed by atoms with Crippen LogP contribution in [0.5, 0.6) is 0 Å². The highest BCUT2D eigenvalue weighted by molar-refractivity contribution is 4.99. The second-order valence-electron chi connectivity index (χ2n) is 3.41. The molecule has 3 nitrogen and oxygen atoms in total. The number of rotatable bonds is 3. The molecule has 3 heteroatoms. The van der Waals surface area contributed by atoms with Crippen LogP contribution in [0.25, 0.3) is 0 Å². The Kier molecular flexibility index (Phi) is 2.87. The second-order valence-corrected chi connectivity index (χ2v) is 3.41. The zero-order valence-electron chi connectivity index (χ0n) is 8.20. The van der Waals surface area contributed by atoms with Crippen molar-refractivity contribution in [3.63, 3.8) is 0 Å². The zero-order chi connectivity index (χ0) is 9.14. The Hall–Kier alpha value is -0.830. The number of nitrogens with one attached hydrogen (secondary N) is 1. The lowest BCUT2D eigenvalue weighted by Crippen LogP contribution is -2.24. The summed E-state index contributed by atoms with van der Waals surface area (Å²) in [6, 6.07) is 0.352. The molecule has 0 aliphatic carbocycles. The van der Waals surface area contributed by atoms with E-state index < -0.39 is 0 Å². The molecule has 0 fully saturated rings. The van der Waals surface area contributed by atoms with E-state index in [4.69, 9.17) is 0 Å². The minimum absolute atomic E-state index is 0.352. The topological polar surface area (TPSA) is 29.9 Å². The van der Waals surface area contributed by atoms with E-state index in [0.717, 1.165) is 5.82 Å². The monoisotopic (exact) mass is 167 g/mol. The van der Waals surface area contributed by atoms with Crippen LogP contribution in [0.3, 0.4) is 0 Å². The van der Waals surface area contributed by atoms with Crippen LogP contribution in [0.15, 0.2) is 12.4 Å². The van der Waals surface area contributed by atoms with Gasteiger partial charge in [-0.25, -0.2) is 4.98 Å². The van der Waals surface area contributed by atoms with Gasteiger partial charge in [-0.1, -0.05) is 13.8 Å². The minimum atomic E-state index is 0.352. The molecule has 0 aromatic carbocycles. The Morgan fingerprint density at radius 3 is 2.50 bits per heavy atom. The maximum Gasteiger partial charge on any atom is 0.125 e. The third-order valence-electron chi connectivity index (χ3n) is 2.11. The van der Waals surface area contributed by atoms with E-state index in [2.05, 4.69) is 28.7 Å². The summed E-state index contributed by atoms with van der Waals surface area (Å²) < 4.78 is 2.06. The summed E-state index contributed by atoms with van der Waals surface area (Å²) >= 11 is 0. The lowest BCUT2D eigenvalue weighted by Gasteiger charge is -2.19. The summed E-state index contributed by atoms with van der Waals surface area (Å²) in [6.45, 7) is 4.38. The van der Waals surface area contributed by atoms with Gasteiger partial charge < -0.3 is 9.88 Å².